The van der Waals surface area contributed by atoms with Crippen LogP contribution in [0.3, 0.4) is 0 Å². The summed E-state index contributed by atoms with van der Waals surface area (Å²) in [5.74, 6) is 0.399. The third kappa shape index (κ3) is 5.24. The predicted molar refractivity (Wildman–Crippen MR) is 128 cm³/mol. The smallest absolute Gasteiger partial charge is 0.251 e. The Hall–Kier alpha value is -3.75. The first-order valence-electron chi connectivity index (χ1n) is 11.6. The van der Waals surface area contributed by atoms with Crippen LogP contribution < -0.4 is 15.0 Å². The maximum Gasteiger partial charge on any atom is 0.251 e. The van der Waals surface area contributed by atoms with Crippen LogP contribution in [0.4, 0.5) is 5.69 Å². The molecule has 1 atom stereocenters. The Kier molecular flexibility index (Phi) is 7.20. The molecule has 0 spiro atoms. The molecule has 4 rings (SSSR count). The fraction of sp³-hybridized carbons (Fsp3) is 0.400. The SMILES string of the molecule is COc1ccccc1N(C(=O)Cn1nnc(-c2ccc(C)cc2)n1)[C@@H](C)C(=O)NC1CCCC1. The first-order chi connectivity index (χ1) is 16.5. The molecule has 3 aromatic rings. The monoisotopic (exact) mass is 462 g/mol. The molecule has 178 valence electrons. The molecule has 0 aliphatic heterocycles. The predicted octanol–water partition coefficient (Wildman–Crippen LogP) is 3.14. The van der Waals surface area contributed by atoms with Crippen LogP contribution in [0.5, 0.6) is 5.75 Å². The molecule has 0 saturated heterocycles. The molecule has 0 unspecified atom stereocenters. The molecule has 2 aromatic carbocycles. The van der Waals surface area contributed by atoms with Crippen molar-refractivity contribution in [2.24, 2.45) is 0 Å². The second-order valence-electron chi connectivity index (χ2n) is 8.61. The van der Waals surface area contributed by atoms with Crippen LogP contribution in [0.25, 0.3) is 11.4 Å². The van der Waals surface area contributed by atoms with E-state index >= 15 is 0 Å². The fourth-order valence-corrected chi connectivity index (χ4v) is 4.22. The first kappa shape index (κ1) is 23.4. The number of carbonyl (C=O) groups is 2. The van der Waals surface area contributed by atoms with E-state index in [4.69, 9.17) is 4.74 Å². The number of aryl methyl sites for hydroxylation is 1. The summed E-state index contributed by atoms with van der Waals surface area (Å²) >= 11 is 0. The number of aromatic nitrogens is 4. The van der Waals surface area contributed by atoms with Crippen molar-refractivity contribution >= 4 is 17.5 Å². The van der Waals surface area contributed by atoms with Crippen molar-refractivity contribution in [2.45, 2.75) is 58.2 Å². The molecular weight excluding hydrogens is 432 g/mol. The number of rotatable bonds is 8. The summed E-state index contributed by atoms with van der Waals surface area (Å²) in [6, 6.07) is 14.3. The first-order valence-corrected chi connectivity index (χ1v) is 11.6. The van der Waals surface area contributed by atoms with Crippen LogP contribution in [0, 0.1) is 6.92 Å². The quantitative estimate of drug-likeness (QED) is 0.552. The zero-order valence-electron chi connectivity index (χ0n) is 19.8. The molecule has 9 nitrogen and oxygen atoms in total. The maximum atomic E-state index is 13.5. The molecule has 1 aliphatic carbocycles. The van der Waals surface area contributed by atoms with E-state index in [1.54, 1.807) is 19.1 Å². The Balaban J connectivity index is 1.57. The van der Waals surface area contributed by atoms with Gasteiger partial charge in [0.15, 0.2) is 0 Å². The molecule has 1 aromatic heterocycles. The lowest BCUT2D eigenvalue weighted by Gasteiger charge is -2.30. The van der Waals surface area contributed by atoms with Gasteiger partial charge in [0.25, 0.3) is 5.91 Å². The van der Waals surface area contributed by atoms with Gasteiger partial charge >= 0.3 is 0 Å². The molecule has 1 heterocycles. The topological polar surface area (TPSA) is 102 Å². The number of nitrogens with zero attached hydrogens (tertiary/aromatic N) is 5. The molecule has 2 amide bonds. The average Bonchev–Trinajstić information content (AvgIpc) is 3.52. The zero-order chi connectivity index (χ0) is 24.1. The lowest BCUT2D eigenvalue weighted by molar-refractivity contribution is -0.127. The average molecular weight is 463 g/mol. The van der Waals surface area contributed by atoms with Crippen LogP contribution in [-0.4, -0.2) is 51.2 Å². The Morgan fingerprint density at radius 2 is 1.85 bits per heavy atom. The van der Waals surface area contributed by atoms with E-state index in [9.17, 15) is 9.59 Å². The number of nitrogens with one attached hydrogen (secondary N) is 1. The Morgan fingerprint density at radius 1 is 1.15 bits per heavy atom. The van der Waals surface area contributed by atoms with E-state index < -0.39 is 6.04 Å². The highest BCUT2D eigenvalue weighted by molar-refractivity contribution is 6.01. The standard InChI is InChI=1S/C25H30N6O3/c1-17-12-14-19(15-13-17)24-27-29-30(28-24)16-23(32)31(21-10-6-7-11-22(21)34-3)18(2)25(33)26-20-8-4-5-9-20/h6-7,10-15,18,20H,4-5,8-9,16H2,1-3H3,(H,26,33)/t18-/m0/s1. The molecular formula is C25H30N6O3. The van der Waals surface area contributed by atoms with Gasteiger partial charge in [-0.1, -0.05) is 54.8 Å². The largest absolute Gasteiger partial charge is 0.495 e. The van der Waals surface area contributed by atoms with Gasteiger partial charge in [-0.15, -0.1) is 10.2 Å². The van der Waals surface area contributed by atoms with Crippen molar-refractivity contribution in [3.63, 3.8) is 0 Å². The van der Waals surface area contributed by atoms with Gasteiger partial charge in [-0.25, -0.2) is 0 Å². The molecule has 1 N–H and O–H groups in total. The van der Waals surface area contributed by atoms with E-state index in [0.29, 0.717) is 17.3 Å². The highest BCUT2D eigenvalue weighted by Gasteiger charge is 2.31. The van der Waals surface area contributed by atoms with Crippen LogP contribution in [0.15, 0.2) is 48.5 Å². The number of anilines is 1. The van der Waals surface area contributed by atoms with Gasteiger partial charge in [0.1, 0.15) is 18.3 Å². The van der Waals surface area contributed by atoms with Gasteiger partial charge in [0, 0.05) is 11.6 Å². The summed E-state index contributed by atoms with van der Waals surface area (Å²) in [5, 5.41) is 15.6. The third-order valence-electron chi connectivity index (χ3n) is 6.12. The summed E-state index contributed by atoms with van der Waals surface area (Å²) < 4.78 is 5.49. The van der Waals surface area contributed by atoms with Crippen molar-refractivity contribution in [1.82, 2.24) is 25.5 Å². The number of hydrogen-bond acceptors (Lipinski definition) is 6. The number of amides is 2. The van der Waals surface area contributed by atoms with Crippen molar-refractivity contribution < 1.29 is 14.3 Å². The van der Waals surface area contributed by atoms with Crippen LogP contribution >= 0.6 is 0 Å². The number of ether oxygens (including phenoxy) is 1. The number of methoxy groups -OCH3 is 1. The molecule has 0 bridgehead atoms. The summed E-state index contributed by atoms with van der Waals surface area (Å²) in [5.41, 5.74) is 2.46. The van der Waals surface area contributed by atoms with Crippen LogP contribution in [0.1, 0.15) is 38.2 Å². The van der Waals surface area contributed by atoms with Gasteiger partial charge in [-0.05, 0) is 44.0 Å². The van der Waals surface area contributed by atoms with Gasteiger partial charge in [-0.2, -0.15) is 4.80 Å². The second-order valence-corrected chi connectivity index (χ2v) is 8.61. The second kappa shape index (κ2) is 10.5. The highest BCUT2D eigenvalue weighted by atomic mass is 16.5. The van der Waals surface area contributed by atoms with E-state index in [2.05, 4.69) is 20.7 Å². The van der Waals surface area contributed by atoms with Crippen molar-refractivity contribution in [3.8, 4) is 17.1 Å². The molecule has 9 heteroatoms. The number of carbonyl (C=O) groups excluding carboxylic acids is 2. The minimum absolute atomic E-state index is 0.152. The van der Waals surface area contributed by atoms with Crippen molar-refractivity contribution in [3.05, 3.63) is 54.1 Å². The van der Waals surface area contributed by atoms with Crippen LogP contribution in [-0.2, 0) is 16.1 Å². The Morgan fingerprint density at radius 3 is 2.56 bits per heavy atom. The summed E-state index contributed by atoms with van der Waals surface area (Å²) in [6.07, 6.45) is 4.14. The Labute approximate surface area is 199 Å². The molecule has 1 aliphatic rings. The normalized spacial score (nSPS) is 14.6. The summed E-state index contributed by atoms with van der Waals surface area (Å²) in [4.78, 5) is 29.3. The summed E-state index contributed by atoms with van der Waals surface area (Å²) in [7, 11) is 1.54. The van der Waals surface area contributed by atoms with E-state index in [0.717, 1.165) is 36.8 Å². The van der Waals surface area contributed by atoms with Gasteiger partial charge in [0.05, 0.1) is 12.8 Å². The minimum Gasteiger partial charge on any atom is -0.495 e. The molecule has 1 fully saturated rings. The highest BCUT2D eigenvalue weighted by Crippen LogP contribution is 2.30. The maximum absolute atomic E-state index is 13.5. The molecule has 1 saturated carbocycles. The van der Waals surface area contributed by atoms with Gasteiger partial charge in [0.2, 0.25) is 11.7 Å². The Bertz CT molecular complexity index is 1140. The van der Waals surface area contributed by atoms with E-state index in [1.807, 2.05) is 43.3 Å². The van der Waals surface area contributed by atoms with Crippen molar-refractivity contribution in [2.75, 3.05) is 12.0 Å². The minimum atomic E-state index is -0.746. The number of para-hydroxylation sites is 2. The number of benzene rings is 2. The van der Waals surface area contributed by atoms with Gasteiger partial charge < -0.3 is 10.1 Å². The van der Waals surface area contributed by atoms with Crippen LogP contribution in [0.2, 0.25) is 0 Å². The third-order valence-corrected chi connectivity index (χ3v) is 6.12. The number of hydrogen-bond donors (Lipinski definition) is 1. The molecule has 0 radical (unpaired) electrons. The van der Waals surface area contributed by atoms with Gasteiger partial charge in [-0.3, -0.25) is 14.5 Å². The lowest BCUT2D eigenvalue weighted by Crippen LogP contribution is -2.51. The molecule has 34 heavy (non-hydrogen) atoms. The number of tetrazole rings is 1. The fourth-order valence-electron chi connectivity index (χ4n) is 4.22. The van der Waals surface area contributed by atoms with E-state index in [-0.39, 0.29) is 24.4 Å². The lowest BCUT2D eigenvalue weighted by atomic mass is 10.1. The summed E-state index contributed by atoms with van der Waals surface area (Å²) in [6.45, 7) is 3.56. The zero-order valence-corrected chi connectivity index (χ0v) is 19.8. The van der Waals surface area contributed by atoms with E-state index in [1.165, 1.54) is 16.8 Å². The van der Waals surface area contributed by atoms with Crippen molar-refractivity contribution in [1.29, 1.82) is 0 Å².